The summed E-state index contributed by atoms with van der Waals surface area (Å²) < 4.78 is 0.983. The summed E-state index contributed by atoms with van der Waals surface area (Å²) in [5.41, 5.74) is 0. The fraction of sp³-hybridized carbons (Fsp3) is 0. The lowest BCUT2D eigenvalue weighted by molar-refractivity contribution is 1.05. The molecule has 66 valence electrons. The molecular formula is C8H6BrN3S. The Balaban J connectivity index is 2.24. The summed E-state index contributed by atoms with van der Waals surface area (Å²) >= 11 is 4.98. The second kappa shape index (κ2) is 3.93. The molecule has 2 rings (SSSR count). The van der Waals surface area contributed by atoms with Gasteiger partial charge in [-0.25, -0.2) is 4.98 Å². The van der Waals surface area contributed by atoms with E-state index in [4.69, 9.17) is 0 Å². The summed E-state index contributed by atoms with van der Waals surface area (Å²) in [6.07, 6.45) is 7.07. The summed E-state index contributed by atoms with van der Waals surface area (Å²) in [6, 6.07) is 1.94. The average molecular weight is 256 g/mol. The van der Waals surface area contributed by atoms with Crippen molar-refractivity contribution in [3.8, 4) is 0 Å². The van der Waals surface area contributed by atoms with Crippen LogP contribution in [0.1, 0.15) is 0 Å². The molecule has 0 unspecified atom stereocenters. The Hall–Kier alpha value is -0.810. The molecule has 5 heteroatoms. The average Bonchev–Trinajstić information content (AvgIpc) is 2.61. The Bertz CT molecular complexity index is 388. The van der Waals surface area contributed by atoms with Crippen LogP contribution in [-0.2, 0) is 0 Å². The molecule has 13 heavy (non-hydrogen) atoms. The minimum absolute atomic E-state index is 0.881. The summed E-state index contributed by atoms with van der Waals surface area (Å²) in [7, 11) is 0. The summed E-state index contributed by atoms with van der Waals surface area (Å²) in [4.78, 5) is 12.2. The highest BCUT2D eigenvalue weighted by Crippen LogP contribution is 2.30. The number of nitrogens with one attached hydrogen (secondary N) is 1. The Kier molecular flexibility index (Phi) is 2.65. The van der Waals surface area contributed by atoms with E-state index in [9.17, 15) is 0 Å². The smallest absolute Gasteiger partial charge is 0.170 e. The van der Waals surface area contributed by atoms with Crippen LogP contribution >= 0.6 is 27.7 Å². The first-order valence-electron chi connectivity index (χ1n) is 3.63. The molecule has 0 aromatic carbocycles. The van der Waals surface area contributed by atoms with Gasteiger partial charge in [-0.2, -0.15) is 0 Å². The Morgan fingerprint density at radius 1 is 1.38 bits per heavy atom. The number of aromatic amines is 1. The van der Waals surface area contributed by atoms with Crippen molar-refractivity contribution in [2.45, 2.75) is 10.1 Å². The quantitative estimate of drug-likeness (QED) is 0.898. The standard InChI is InChI=1S/C8H6BrN3S/c9-6-5-10-2-1-7(6)13-8-11-3-4-12-8/h1-5H,(H,11,12). The molecule has 0 aliphatic carbocycles. The normalized spacial score (nSPS) is 10.2. The SMILES string of the molecule is Brc1cnccc1Sc1ncc[nH]1. The maximum atomic E-state index is 4.12. The zero-order valence-corrected chi connectivity index (χ0v) is 8.97. The largest absolute Gasteiger partial charge is 0.339 e. The highest BCUT2D eigenvalue weighted by Gasteiger charge is 2.02. The van der Waals surface area contributed by atoms with Crippen LogP contribution in [0.3, 0.4) is 0 Å². The summed E-state index contributed by atoms with van der Waals surface area (Å²) in [6.45, 7) is 0. The molecule has 0 spiro atoms. The van der Waals surface area contributed by atoms with Crippen LogP contribution in [0.4, 0.5) is 0 Å². The van der Waals surface area contributed by atoms with Gasteiger partial charge in [0, 0.05) is 34.2 Å². The third-order valence-corrected chi connectivity index (χ3v) is 3.30. The van der Waals surface area contributed by atoms with Crippen LogP contribution in [0.15, 0.2) is 45.4 Å². The number of hydrogen-bond acceptors (Lipinski definition) is 3. The van der Waals surface area contributed by atoms with Crippen LogP contribution in [0.5, 0.6) is 0 Å². The number of aromatic nitrogens is 3. The first-order chi connectivity index (χ1) is 6.36. The number of pyridine rings is 1. The van der Waals surface area contributed by atoms with Gasteiger partial charge in [0.15, 0.2) is 5.16 Å². The molecule has 0 radical (unpaired) electrons. The predicted octanol–water partition coefficient (Wildman–Crippen LogP) is 2.72. The van der Waals surface area contributed by atoms with E-state index in [1.807, 2.05) is 6.07 Å². The molecule has 0 bridgehead atoms. The Morgan fingerprint density at radius 3 is 3.00 bits per heavy atom. The van der Waals surface area contributed by atoms with Gasteiger partial charge in [-0.1, -0.05) is 11.8 Å². The minimum Gasteiger partial charge on any atom is -0.339 e. The van der Waals surface area contributed by atoms with E-state index < -0.39 is 0 Å². The molecule has 0 fully saturated rings. The van der Waals surface area contributed by atoms with Crippen molar-refractivity contribution in [3.63, 3.8) is 0 Å². The van der Waals surface area contributed by atoms with Gasteiger partial charge in [-0.05, 0) is 22.0 Å². The highest BCUT2D eigenvalue weighted by molar-refractivity contribution is 9.10. The van der Waals surface area contributed by atoms with Crippen LogP contribution in [0.25, 0.3) is 0 Å². The molecule has 0 saturated carbocycles. The van der Waals surface area contributed by atoms with Crippen LogP contribution in [0, 0.1) is 0 Å². The van der Waals surface area contributed by atoms with E-state index in [0.29, 0.717) is 0 Å². The Labute approximate surface area is 88.1 Å². The van der Waals surface area contributed by atoms with Crippen LogP contribution in [-0.4, -0.2) is 15.0 Å². The number of imidazole rings is 1. The van der Waals surface area contributed by atoms with Crippen LogP contribution < -0.4 is 0 Å². The monoisotopic (exact) mass is 255 g/mol. The van der Waals surface area contributed by atoms with Crippen molar-refractivity contribution >= 4 is 27.7 Å². The first-order valence-corrected chi connectivity index (χ1v) is 5.24. The van der Waals surface area contributed by atoms with E-state index in [1.165, 1.54) is 0 Å². The van der Waals surface area contributed by atoms with E-state index in [-0.39, 0.29) is 0 Å². The molecule has 0 atom stereocenters. The number of nitrogens with zero attached hydrogens (tertiary/aromatic N) is 2. The lowest BCUT2D eigenvalue weighted by Crippen LogP contribution is -1.78. The van der Waals surface area contributed by atoms with Crippen LogP contribution in [0.2, 0.25) is 0 Å². The second-order valence-corrected chi connectivity index (χ2v) is 4.19. The summed E-state index contributed by atoms with van der Waals surface area (Å²) in [5.74, 6) is 0. The number of rotatable bonds is 2. The predicted molar refractivity (Wildman–Crippen MR) is 54.6 cm³/mol. The molecule has 0 saturated heterocycles. The molecule has 3 nitrogen and oxygen atoms in total. The van der Waals surface area contributed by atoms with Crippen molar-refractivity contribution in [2.24, 2.45) is 0 Å². The third kappa shape index (κ3) is 2.10. The van der Waals surface area contributed by atoms with Gasteiger partial charge >= 0.3 is 0 Å². The molecule has 0 aliphatic rings. The van der Waals surface area contributed by atoms with Crippen molar-refractivity contribution in [1.82, 2.24) is 15.0 Å². The number of hydrogen-bond donors (Lipinski definition) is 1. The van der Waals surface area contributed by atoms with E-state index in [0.717, 1.165) is 14.5 Å². The zero-order chi connectivity index (χ0) is 9.10. The van der Waals surface area contributed by atoms with Gasteiger partial charge in [-0.15, -0.1) is 0 Å². The fourth-order valence-electron chi connectivity index (χ4n) is 0.856. The maximum absolute atomic E-state index is 4.12. The van der Waals surface area contributed by atoms with Crippen molar-refractivity contribution in [2.75, 3.05) is 0 Å². The maximum Gasteiger partial charge on any atom is 0.170 e. The number of H-pyrrole nitrogens is 1. The summed E-state index contributed by atoms with van der Waals surface area (Å²) in [5, 5.41) is 0.881. The molecule has 1 N–H and O–H groups in total. The molecule has 2 heterocycles. The van der Waals surface area contributed by atoms with Gasteiger partial charge < -0.3 is 4.98 Å². The fourth-order valence-corrected chi connectivity index (χ4v) is 2.08. The van der Waals surface area contributed by atoms with Gasteiger partial charge in [-0.3, -0.25) is 4.98 Å². The van der Waals surface area contributed by atoms with Crippen molar-refractivity contribution in [3.05, 3.63) is 35.3 Å². The van der Waals surface area contributed by atoms with Gasteiger partial charge in [0.2, 0.25) is 0 Å². The molecule has 0 aliphatic heterocycles. The van der Waals surface area contributed by atoms with E-state index in [2.05, 4.69) is 30.9 Å². The third-order valence-electron chi connectivity index (χ3n) is 1.42. The Morgan fingerprint density at radius 2 is 2.31 bits per heavy atom. The van der Waals surface area contributed by atoms with E-state index >= 15 is 0 Å². The van der Waals surface area contributed by atoms with E-state index in [1.54, 1.807) is 36.5 Å². The molecule has 2 aromatic heterocycles. The van der Waals surface area contributed by atoms with Gasteiger partial charge in [0.25, 0.3) is 0 Å². The zero-order valence-electron chi connectivity index (χ0n) is 6.57. The first kappa shape index (κ1) is 8.77. The highest BCUT2D eigenvalue weighted by atomic mass is 79.9. The molecule has 2 aromatic rings. The molecular weight excluding hydrogens is 250 g/mol. The van der Waals surface area contributed by atoms with Gasteiger partial charge in [0.1, 0.15) is 0 Å². The van der Waals surface area contributed by atoms with Crippen molar-refractivity contribution < 1.29 is 0 Å². The minimum atomic E-state index is 0.881. The lowest BCUT2D eigenvalue weighted by atomic mass is 10.5. The molecule has 0 amide bonds. The number of halogens is 1. The second-order valence-electron chi connectivity index (χ2n) is 2.30. The van der Waals surface area contributed by atoms with Gasteiger partial charge in [0.05, 0.1) is 0 Å². The topological polar surface area (TPSA) is 41.6 Å². The lowest BCUT2D eigenvalue weighted by Gasteiger charge is -1.99. The van der Waals surface area contributed by atoms with Crippen molar-refractivity contribution in [1.29, 1.82) is 0 Å².